The van der Waals surface area contributed by atoms with Crippen molar-refractivity contribution >= 4 is 5.91 Å². The molecule has 0 bridgehead atoms. The van der Waals surface area contributed by atoms with E-state index < -0.39 is 0 Å². The van der Waals surface area contributed by atoms with Crippen molar-refractivity contribution in [2.45, 2.75) is 38.0 Å². The van der Waals surface area contributed by atoms with Gasteiger partial charge in [0.15, 0.2) is 0 Å². The highest BCUT2D eigenvalue weighted by Crippen LogP contribution is 2.38. The number of hydrogen-bond acceptors (Lipinski definition) is 3. The Kier molecular flexibility index (Phi) is 4.70. The van der Waals surface area contributed by atoms with Gasteiger partial charge in [-0.25, -0.2) is 0 Å². The summed E-state index contributed by atoms with van der Waals surface area (Å²) in [5.41, 5.74) is 2.04. The third-order valence-electron chi connectivity index (χ3n) is 5.17. The molecule has 1 N–H and O–H groups in total. The number of rotatable bonds is 6. The Labute approximate surface area is 148 Å². The first-order valence-electron chi connectivity index (χ1n) is 8.95. The highest BCUT2D eigenvalue weighted by molar-refractivity contribution is 5.79. The number of carbonyl (C=O) groups excluding carboxylic acids is 1. The minimum atomic E-state index is 0.0612. The average Bonchev–Trinajstić information content (AvgIpc) is 3.01. The molecule has 1 heterocycles. The van der Waals surface area contributed by atoms with E-state index in [-0.39, 0.29) is 11.9 Å². The van der Waals surface area contributed by atoms with Gasteiger partial charge in [-0.05, 0) is 24.5 Å². The maximum atomic E-state index is 12.4. The van der Waals surface area contributed by atoms with Crippen LogP contribution in [0.4, 0.5) is 0 Å². The SMILES string of the molecule is O=C(Cc1ccccc1OCc1ccccc1)N[C@@H]1C[C@@H]2OCC[C@@H]21. The van der Waals surface area contributed by atoms with Gasteiger partial charge in [-0.2, -0.15) is 0 Å². The minimum Gasteiger partial charge on any atom is -0.489 e. The van der Waals surface area contributed by atoms with Crippen LogP contribution in [0.5, 0.6) is 5.75 Å². The van der Waals surface area contributed by atoms with Crippen LogP contribution in [-0.4, -0.2) is 24.7 Å². The van der Waals surface area contributed by atoms with Gasteiger partial charge < -0.3 is 14.8 Å². The fourth-order valence-electron chi connectivity index (χ4n) is 3.72. The van der Waals surface area contributed by atoms with Gasteiger partial charge in [0.05, 0.1) is 12.5 Å². The summed E-state index contributed by atoms with van der Waals surface area (Å²) in [4.78, 5) is 12.4. The number of hydrogen-bond donors (Lipinski definition) is 1. The Morgan fingerprint density at radius 1 is 1.12 bits per heavy atom. The van der Waals surface area contributed by atoms with Gasteiger partial charge in [-0.1, -0.05) is 48.5 Å². The van der Waals surface area contributed by atoms with Crippen molar-refractivity contribution in [2.75, 3.05) is 6.61 Å². The third kappa shape index (κ3) is 3.69. The van der Waals surface area contributed by atoms with Gasteiger partial charge >= 0.3 is 0 Å². The molecule has 4 heteroatoms. The summed E-state index contributed by atoms with van der Waals surface area (Å²) in [7, 11) is 0. The second kappa shape index (κ2) is 7.28. The Hall–Kier alpha value is -2.33. The number of benzene rings is 2. The second-order valence-corrected chi connectivity index (χ2v) is 6.83. The second-order valence-electron chi connectivity index (χ2n) is 6.83. The topological polar surface area (TPSA) is 47.6 Å². The van der Waals surface area contributed by atoms with Gasteiger partial charge in [0, 0.05) is 24.1 Å². The lowest BCUT2D eigenvalue weighted by molar-refractivity contribution is -0.123. The largest absolute Gasteiger partial charge is 0.489 e. The number of ether oxygens (including phenoxy) is 2. The summed E-state index contributed by atoms with van der Waals surface area (Å²) < 4.78 is 11.5. The molecule has 0 radical (unpaired) electrons. The Balaban J connectivity index is 1.34. The fraction of sp³-hybridized carbons (Fsp3) is 0.381. The van der Waals surface area contributed by atoms with Gasteiger partial charge in [0.2, 0.25) is 5.91 Å². The molecule has 4 nitrogen and oxygen atoms in total. The molecule has 0 aromatic heterocycles. The predicted octanol–water partition coefficient (Wildman–Crippen LogP) is 3.10. The first-order valence-corrected chi connectivity index (χ1v) is 8.95. The lowest BCUT2D eigenvalue weighted by atomic mass is 9.76. The van der Waals surface area contributed by atoms with Crippen molar-refractivity contribution in [3.63, 3.8) is 0 Å². The van der Waals surface area contributed by atoms with Crippen molar-refractivity contribution in [2.24, 2.45) is 5.92 Å². The van der Waals surface area contributed by atoms with Crippen LogP contribution in [0.3, 0.4) is 0 Å². The molecule has 2 aromatic carbocycles. The first-order chi connectivity index (χ1) is 12.3. The highest BCUT2D eigenvalue weighted by atomic mass is 16.5. The van der Waals surface area contributed by atoms with Crippen molar-refractivity contribution in [3.8, 4) is 5.75 Å². The van der Waals surface area contributed by atoms with Gasteiger partial charge in [-0.3, -0.25) is 4.79 Å². The van der Waals surface area contributed by atoms with Crippen LogP contribution in [0, 0.1) is 5.92 Å². The summed E-state index contributed by atoms with van der Waals surface area (Å²) >= 11 is 0. The zero-order valence-corrected chi connectivity index (χ0v) is 14.2. The maximum absolute atomic E-state index is 12.4. The normalized spacial score (nSPS) is 24.2. The molecule has 25 heavy (non-hydrogen) atoms. The molecule has 0 spiro atoms. The van der Waals surface area contributed by atoms with E-state index in [1.165, 1.54) is 0 Å². The molecule has 1 saturated carbocycles. The van der Waals surface area contributed by atoms with E-state index in [0.717, 1.165) is 36.3 Å². The van der Waals surface area contributed by atoms with E-state index in [1.54, 1.807) is 0 Å². The monoisotopic (exact) mass is 337 g/mol. The number of nitrogens with one attached hydrogen (secondary N) is 1. The smallest absolute Gasteiger partial charge is 0.224 e. The van der Waals surface area contributed by atoms with E-state index >= 15 is 0 Å². The Morgan fingerprint density at radius 3 is 2.76 bits per heavy atom. The molecule has 3 atom stereocenters. The van der Waals surface area contributed by atoms with Gasteiger partial charge in [0.25, 0.3) is 0 Å². The summed E-state index contributed by atoms with van der Waals surface area (Å²) in [5.74, 6) is 1.34. The molecule has 2 aromatic rings. The number of carbonyl (C=O) groups is 1. The number of fused-ring (bicyclic) bond motifs is 1. The quantitative estimate of drug-likeness (QED) is 0.881. The molecule has 1 aliphatic carbocycles. The van der Waals surface area contributed by atoms with E-state index in [2.05, 4.69) is 5.32 Å². The highest BCUT2D eigenvalue weighted by Gasteiger charge is 2.45. The fourth-order valence-corrected chi connectivity index (χ4v) is 3.72. The van der Waals surface area contributed by atoms with Crippen LogP contribution in [0.2, 0.25) is 0 Å². The number of amides is 1. The summed E-state index contributed by atoms with van der Waals surface area (Å²) in [6, 6.07) is 18.1. The lowest BCUT2D eigenvalue weighted by Gasteiger charge is -2.39. The van der Waals surface area contributed by atoms with Gasteiger partial charge in [-0.15, -0.1) is 0 Å². The molecule has 1 aliphatic heterocycles. The molecule has 2 fully saturated rings. The van der Waals surface area contributed by atoms with E-state index in [4.69, 9.17) is 9.47 Å². The van der Waals surface area contributed by atoms with Crippen molar-refractivity contribution < 1.29 is 14.3 Å². The third-order valence-corrected chi connectivity index (χ3v) is 5.17. The van der Waals surface area contributed by atoms with Crippen LogP contribution in [0.25, 0.3) is 0 Å². The Bertz CT molecular complexity index is 731. The molecule has 1 saturated heterocycles. The molecule has 2 aliphatic rings. The molecule has 4 rings (SSSR count). The van der Waals surface area contributed by atoms with Crippen LogP contribution in [0.1, 0.15) is 24.0 Å². The standard InChI is InChI=1S/C21H23NO3/c23-21(22-18-13-20-17(18)10-11-24-20)12-16-8-4-5-9-19(16)25-14-15-6-2-1-3-7-15/h1-9,17-18,20H,10-14H2,(H,22,23)/t17-,18-,20+/m1/s1. The van der Waals surface area contributed by atoms with Crippen LogP contribution >= 0.6 is 0 Å². The molecule has 1 amide bonds. The predicted molar refractivity (Wildman–Crippen MR) is 95.3 cm³/mol. The number of para-hydroxylation sites is 1. The maximum Gasteiger partial charge on any atom is 0.224 e. The zero-order chi connectivity index (χ0) is 17.1. The summed E-state index contributed by atoms with van der Waals surface area (Å²) in [5, 5.41) is 3.16. The molecule has 0 unspecified atom stereocenters. The molecule has 130 valence electrons. The minimum absolute atomic E-state index is 0.0612. The zero-order valence-electron chi connectivity index (χ0n) is 14.2. The molecular weight excluding hydrogens is 314 g/mol. The van der Waals surface area contributed by atoms with Crippen molar-refractivity contribution in [1.82, 2.24) is 5.32 Å². The van der Waals surface area contributed by atoms with Crippen molar-refractivity contribution in [3.05, 3.63) is 65.7 Å². The van der Waals surface area contributed by atoms with E-state index in [0.29, 0.717) is 25.0 Å². The van der Waals surface area contributed by atoms with E-state index in [1.807, 2.05) is 54.6 Å². The average molecular weight is 337 g/mol. The van der Waals surface area contributed by atoms with E-state index in [9.17, 15) is 4.79 Å². The lowest BCUT2D eigenvalue weighted by Crippen LogP contribution is -2.53. The summed E-state index contributed by atoms with van der Waals surface area (Å²) in [6.45, 7) is 1.33. The molecular formula is C21H23NO3. The Morgan fingerprint density at radius 2 is 1.92 bits per heavy atom. The van der Waals surface area contributed by atoms with Crippen LogP contribution in [0.15, 0.2) is 54.6 Å². The van der Waals surface area contributed by atoms with Crippen LogP contribution < -0.4 is 10.1 Å². The first kappa shape index (κ1) is 16.2. The van der Waals surface area contributed by atoms with Gasteiger partial charge in [0.1, 0.15) is 12.4 Å². The van der Waals surface area contributed by atoms with Crippen LogP contribution in [-0.2, 0) is 22.6 Å². The van der Waals surface area contributed by atoms with Crippen molar-refractivity contribution in [1.29, 1.82) is 0 Å². The summed E-state index contributed by atoms with van der Waals surface area (Å²) in [6.07, 6.45) is 2.72.